The summed E-state index contributed by atoms with van der Waals surface area (Å²) in [4.78, 5) is 12.0. The third-order valence-electron chi connectivity index (χ3n) is 4.04. The van der Waals surface area contributed by atoms with Crippen molar-refractivity contribution in [3.8, 4) is 5.69 Å². The van der Waals surface area contributed by atoms with Gasteiger partial charge in [0.1, 0.15) is 6.33 Å². The number of carbonyl (C=O) groups is 1. The van der Waals surface area contributed by atoms with E-state index in [0.29, 0.717) is 11.7 Å². The van der Waals surface area contributed by atoms with Gasteiger partial charge in [0.2, 0.25) is 5.91 Å². The number of thioether (sulfide) groups is 1. The predicted molar refractivity (Wildman–Crippen MR) is 98.7 cm³/mol. The summed E-state index contributed by atoms with van der Waals surface area (Å²) in [5.41, 5.74) is 2.30. The van der Waals surface area contributed by atoms with Crippen LogP contribution in [0.5, 0.6) is 0 Å². The normalized spacial score (nSPS) is 11.2. The maximum absolute atomic E-state index is 12.0. The number of hydrogen-bond acceptors (Lipinski definition) is 4. The second-order valence-corrected chi connectivity index (χ2v) is 7.04. The number of rotatable bonds is 8. The Bertz CT molecular complexity index is 647. The van der Waals surface area contributed by atoms with Gasteiger partial charge < -0.3 is 5.32 Å². The van der Waals surface area contributed by atoms with Gasteiger partial charge in [-0.25, -0.2) is 0 Å². The third-order valence-corrected chi connectivity index (χ3v) is 4.98. The minimum atomic E-state index is 0.0402. The van der Waals surface area contributed by atoms with Crippen molar-refractivity contribution in [3.05, 3.63) is 36.2 Å². The molecule has 1 aromatic heterocycles. The zero-order chi connectivity index (χ0) is 17.5. The van der Waals surface area contributed by atoms with E-state index in [1.165, 1.54) is 17.3 Å². The molecule has 0 saturated heterocycles. The van der Waals surface area contributed by atoms with Crippen molar-refractivity contribution < 1.29 is 4.79 Å². The smallest absolute Gasteiger partial charge is 0.230 e. The monoisotopic (exact) mass is 346 g/mol. The highest BCUT2D eigenvalue weighted by molar-refractivity contribution is 7.99. The van der Waals surface area contributed by atoms with Crippen molar-refractivity contribution >= 4 is 17.7 Å². The molecule has 0 unspecified atom stereocenters. The van der Waals surface area contributed by atoms with E-state index >= 15 is 0 Å². The Balaban J connectivity index is 2.01. The van der Waals surface area contributed by atoms with Gasteiger partial charge in [-0.05, 0) is 36.5 Å². The fourth-order valence-corrected chi connectivity index (χ4v) is 3.15. The van der Waals surface area contributed by atoms with Gasteiger partial charge in [0.15, 0.2) is 5.16 Å². The van der Waals surface area contributed by atoms with Crippen molar-refractivity contribution in [1.82, 2.24) is 20.1 Å². The lowest BCUT2D eigenvalue weighted by Crippen LogP contribution is -2.35. The van der Waals surface area contributed by atoms with Gasteiger partial charge in [0.25, 0.3) is 0 Å². The third kappa shape index (κ3) is 4.84. The Kier molecular flexibility index (Phi) is 6.85. The quantitative estimate of drug-likeness (QED) is 0.739. The highest BCUT2D eigenvalue weighted by atomic mass is 32.2. The number of nitrogens with zero attached hydrogens (tertiary/aromatic N) is 3. The van der Waals surface area contributed by atoms with Gasteiger partial charge >= 0.3 is 0 Å². The van der Waals surface area contributed by atoms with Gasteiger partial charge in [-0.3, -0.25) is 9.36 Å². The molecule has 0 atom stereocenters. The van der Waals surface area contributed by atoms with Gasteiger partial charge in [0.05, 0.1) is 5.75 Å². The van der Waals surface area contributed by atoms with Crippen LogP contribution in [0, 0.1) is 0 Å². The van der Waals surface area contributed by atoms with Gasteiger partial charge in [-0.1, -0.05) is 51.6 Å². The van der Waals surface area contributed by atoms with E-state index in [1.807, 2.05) is 4.57 Å². The molecule has 0 fully saturated rings. The highest BCUT2D eigenvalue weighted by Crippen LogP contribution is 2.21. The Morgan fingerprint density at radius 3 is 2.46 bits per heavy atom. The molecule has 5 nitrogen and oxygen atoms in total. The van der Waals surface area contributed by atoms with Gasteiger partial charge in [-0.2, -0.15) is 0 Å². The molecule has 0 radical (unpaired) electrons. The molecule has 0 spiro atoms. The van der Waals surface area contributed by atoms with Crippen molar-refractivity contribution in [2.45, 2.75) is 57.7 Å². The Labute approximate surface area is 148 Å². The summed E-state index contributed by atoms with van der Waals surface area (Å²) < 4.78 is 1.92. The number of amides is 1. The van der Waals surface area contributed by atoms with E-state index in [4.69, 9.17) is 0 Å². The lowest BCUT2D eigenvalue weighted by atomic mass is 10.0. The summed E-state index contributed by atoms with van der Waals surface area (Å²) in [6, 6.07) is 8.61. The van der Waals surface area contributed by atoms with Crippen molar-refractivity contribution in [3.63, 3.8) is 0 Å². The maximum atomic E-state index is 12.0. The molecule has 130 valence electrons. The molecule has 2 rings (SSSR count). The van der Waals surface area contributed by atoms with Crippen LogP contribution in [0.2, 0.25) is 0 Å². The molecule has 0 aliphatic carbocycles. The second-order valence-electron chi connectivity index (χ2n) is 6.10. The summed E-state index contributed by atoms with van der Waals surface area (Å²) in [5, 5.41) is 11.9. The predicted octanol–water partition coefficient (Wildman–Crippen LogP) is 3.79. The molecule has 0 aliphatic heterocycles. The van der Waals surface area contributed by atoms with Crippen molar-refractivity contribution in [1.29, 1.82) is 0 Å². The van der Waals surface area contributed by atoms with E-state index in [-0.39, 0.29) is 11.9 Å². The summed E-state index contributed by atoms with van der Waals surface area (Å²) in [5.74, 6) is 0.889. The summed E-state index contributed by atoms with van der Waals surface area (Å²) in [7, 11) is 0. The largest absolute Gasteiger partial charge is 0.353 e. The van der Waals surface area contributed by atoms with Crippen LogP contribution in [-0.4, -0.2) is 32.5 Å². The number of benzene rings is 1. The standard InChI is InChI=1S/C18H26N4OS/c1-5-15(6-2)20-17(23)11-24-18-21-19-12-22(18)16-9-7-14(8-10-16)13(3)4/h7-10,12-13,15H,5-6,11H2,1-4H3,(H,20,23). The Hall–Kier alpha value is -1.82. The van der Waals surface area contributed by atoms with E-state index in [9.17, 15) is 4.79 Å². The fourth-order valence-electron chi connectivity index (χ4n) is 2.41. The molecule has 1 N–H and O–H groups in total. The van der Waals surface area contributed by atoms with Crippen LogP contribution in [0.25, 0.3) is 5.69 Å². The van der Waals surface area contributed by atoms with Crippen LogP contribution in [-0.2, 0) is 4.79 Å². The summed E-state index contributed by atoms with van der Waals surface area (Å²) in [6.45, 7) is 8.51. The fraction of sp³-hybridized carbons (Fsp3) is 0.500. The van der Waals surface area contributed by atoms with Crippen molar-refractivity contribution in [2.24, 2.45) is 0 Å². The van der Waals surface area contributed by atoms with E-state index in [1.54, 1.807) is 6.33 Å². The number of nitrogens with one attached hydrogen (secondary N) is 1. The number of hydrogen-bond donors (Lipinski definition) is 1. The maximum Gasteiger partial charge on any atom is 0.230 e. The van der Waals surface area contributed by atoms with Crippen LogP contribution in [0.3, 0.4) is 0 Å². The molecule has 1 aromatic carbocycles. The minimum absolute atomic E-state index is 0.0402. The van der Waals surface area contributed by atoms with Crippen LogP contribution in [0.1, 0.15) is 52.0 Å². The minimum Gasteiger partial charge on any atom is -0.353 e. The molecule has 1 heterocycles. The van der Waals surface area contributed by atoms with Crippen molar-refractivity contribution in [2.75, 3.05) is 5.75 Å². The molecule has 6 heteroatoms. The SMILES string of the molecule is CCC(CC)NC(=O)CSc1nncn1-c1ccc(C(C)C)cc1. The van der Waals surface area contributed by atoms with Gasteiger partial charge in [0, 0.05) is 11.7 Å². The lowest BCUT2D eigenvalue weighted by Gasteiger charge is -2.14. The number of aromatic nitrogens is 3. The molecule has 2 aromatic rings. The Morgan fingerprint density at radius 2 is 1.88 bits per heavy atom. The Morgan fingerprint density at radius 1 is 1.21 bits per heavy atom. The molecular formula is C18H26N4OS. The van der Waals surface area contributed by atoms with Gasteiger partial charge in [-0.15, -0.1) is 10.2 Å². The molecule has 0 bridgehead atoms. The average Bonchev–Trinajstić information content (AvgIpc) is 3.06. The molecular weight excluding hydrogens is 320 g/mol. The molecule has 24 heavy (non-hydrogen) atoms. The van der Waals surface area contributed by atoms with E-state index in [2.05, 4.69) is 67.5 Å². The first-order valence-corrected chi connectivity index (χ1v) is 9.46. The summed E-state index contributed by atoms with van der Waals surface area (Å²) in [6.07, 6.45) is 3.59. The molecule has 1 amide bonds. The topological polar surface area (TPSA) is 59.8 Å². The molecule has 0 aliphatic rings. The van der Waals surface area contributed by atoms with E-state index < -0.39 is 0 Å². The average molecular weight is 347 g/mol. The zero-order valence-electron chi connectivity index (χ0n) is 14.8. The number of carbonyl (C=O) groups excluding carboxylic acids is 1. The zero-order valence-corrected chi connectivity index (χ0v) is 15.6. The second kappa shape index (κ2) is 8.87. The first kappa shape index (κ1) is 18.5. The first-order chi connectivity index (χ1) is 11.5. The lowest BCUT2D eigenvalue weighted by molar-refractivity contribution is -0.119. The van der Waals surface area contributed by atoms with Crippen LogP contribution >= 0.6 is 11.8 Å². The van der Waals surface area contributed by atoms with E-state index in [0.717, 1.165) is 23.7 Å². The summed E-state index contributed by atoms with van der Waals surface area (Å²) >= 11 is 1.41. The first-order valence-electron chi connectivity index (χ1n) is 8.47. The molecule has 0 saturated carbocycles. The highest BCUT2D eigenvalue weighted by Gasteiger charge is 2.12. The van der Waals surface area contributed by atoms with Crippen LogP contribution in [0.15, 0.2) is 35.7 Å². The van der Waals surface area contributed by atoms with Crippen LogP contribution < -0.4 is 5.32 Å². The van der Waals surface area contributed by atoms with Crippen LogP contribution in [0.4, 0.5) is 0 Å².